The number of ether oxygens (including phenoxy) is 4. The predicted molar refractivity (Wildman–Crippen MR) is 219 cm³/mol. The Balaban J connectivity index is 2.38. The fourth-order valence-electron chi connectivity index (χ4n) is 6.00. The van der Waals surface area contributed by atoms with E-state index < -0.39 is 55.4 Å². The van der Waals surface area contributed by atoms with Gasteiger partial charge in [-0.25, -0.2) is 0 Å². The first kappa shape index (κ1) is 50.4. The lowest BCUT2D eigenvalue weighted by Crippen LogP contribution is -2.59. The molecule has 1 rings (SSSR count). The van der Waals surface area contributed by atoms with Gasteiger partial charge in [0.1, 0.15) is 31.0 Å². The minimum atomic E-state index is -1.60. The number of rotatable bonds is 34. The van der Waals surface area contributed by atoms with E-state index in [1.54, 1.807) is 0 Å². The third-order valence-electron chi connectivity index (χ3n) is 9.39. The monoisotopic (exact) mass is 777 g/mol. The maximum absolute atomic E-state index is 12.7. The van der Waals surface area contributed by atoms with E-state index in [1.807, 2.05) is 0 Å². The van der Waals surface area contributed by atoms with E-state index in [-0.39, 0.29) is 26.1 Å². The molecule has 0 bridgehead atoms. The number of carbonyl (C=O) groups is 2. The summed E-state index contributed by atoms with van der Waals surface area (Å²) < 4.78 is 22.1. The molecular formula is C45H76O10. The second-order valence-electron chi connectivity index (χ2n) is 14.4. The van der Waals surface area contributed by atoms with Crippen LogP contribution in [0.4, 0.5) is 0 Å². The van der Waals surface area contributed by atoms with Gasteiger partial charge in [-0.15, -0.1) is 0 Å². The number of hydrogen-bond acceptors (Lipinski definition) is 10. The smallest absolute Gasteiger partial charge is 0.306 e. The first-order chi connectivity index (χ1) is 26.8. The van der Waals surface area contributed by atoms with Gasteiger partial charge in [0.25, 0.3) is 0 Å². The van der Waals surface area contributed by atoms with Crippen LogP contribution in [0.3, 0.4) is 0 Å². The summed E-state index contributed by atoms with van der Waals surface area (Å²) in [5.74, 6) is -0.848. The third kappa shape index (κ3) is 27.6. The van der Waals surface area contributed by atoms with Crippen molar-refractivity contribution in [3.8, 4) is 0 Å². The number of unbranched alkanes of at least 4 members (excludes halogenated alkanes) is 13. The van der Waals surface area contributed by atoms with Gasteiger partial charge in [0.15, 0.2) is 12.4 Å². The zero-order chi connectivity index (χ0) is 40.2. The lowest BCUT2D eigenvalue weighted by molar-refractivity contribution is -0.305. The normalized spacial score (nSPS) is 21.2. The molecule has 10 nitrogen and oxygen atoms in total. The molecule has 1 fully saturated rings. The van der Waals surface area contributed by atoms with Gasteiger partial charge >= 0.3 is 11.9 Å². The van der Waals surface area contributed by atoms with E-state index in [0.29, 0.717) is 12.8 Å². The minimum Gasteiger partial charge on any atom is -0.462 e. The maximum Gasteiger partial charge on any atom is 0.306 e. The van der Waals surface area contributed by atoms with Crippen LogP contribution in [0, 0.1) is 0 Å². The van der Waals surface area contributed by atoms with Crippen molar-refractivity contribution in [3.05, 3.63) is 60.8 Å². The Morgan fingerprint density at radius 1 is 0.582 bits per heavy atom. The summed E-state index contributed by atoms with van der Waals surface area (Å²) in [4.78, 5) is 25.3. The summed E-state index contributed by atoms with van der Waals surface area (Å²) in [6, 6.07) is 0. The lowest BCUT2D eigenvalue weighted by atomic mass is 9.99. The Hall–Kier alpha value is -2.60. The van der Waals surface area contributed by atoms with Crippen molar-refractivity contribution in [1.29, 1.82) is 0 Å². The van der Waals surface area contributed by atoms with Crippen LogP contribution < -0.4 is 0 Å². The Morgan fingerprint density at radius 3 is 1.62 bits per heavy atom. The average molecular weight is 777 g/mol. The highest BCUT2D eigenvalue weighted by atomic mass is 16.7. The Labute approximate surface area is 332 Å². The van der Waals surface area contributed by atoms with Crippen LogP contribution in [0.25, 0.3) is 0 Å². The van der Waals surface area contributed by atoms with E-state index >= 15 is 0 Å². The summed E-state index contributed by atoms with van der Waals surface area (Å²) in [5, 5.41) is 40.0. The van der Waals surface area contributed by atoms with Crippen LogP contribution >= 0.6 is 0 Å². The number of aliphatic hydroxyl groups is 4. The molecule has 0 aromatic heterocycles. The van der Waals surface area contributed by atoms with Crippen LogP contribution in [0.5, 0.6) is 0 Å². The SMILES string of the molecule is CC/C=C\C/C=C\C/C=C\CCCCCCCC(=O)OC(COC(=O)CCCCCCC/C=C\C/C=C\CCCCC)COC1OC(CO)C(O)C(O)C1O. The van der Waals surface area contributed by atoms with E-state index in [4.69, 9.17) is 18.9 Å². The number of esters is 2. The van der Waals surface area contributed by atoms with Gasteiger partial charge in [-0.1, -0.05) is 126 Å². The molecule has 316 valence electrons. The van der Waals surface area contributed by atoms with E-state index in [1.165, 1.54) is 25.7 Å². The van der Waals surface area contributed by atoms with Crippen molar-refractivity contribution < 1.29 is 49.0 Å². The fourth-order valence-corrected chi connectivity index (χ4v) is 6.00. The molecule has 0 saturated carbocycles. The van der Waals surface area contributed by atoms with Crippen LogP contribution in [-0.2, 0) is 28.5 Å². The zero-order valence-electron chi connectivity index (χ0n) is 34.2. The molecule has 1 aliphatic heterocycles. The highest BCUT2D eigenvalue weighted by Crippen LogP contribution is 2.22. The van der Waals surface area contributed by atoms with Crippen molar-refractivity contribution in [2.24, 2.45) is 0 Å². The average Bonchev–Trinajstić information content (AvgIpc) is 3.18. The summed E-state index contributed by atoms with van der Waals surface area (Å²) >= 11 is 0. The van der Waals surface area contributed by atoms with Crippen molar-refractivity contribution in [2.45, 2.75) is 192 Å². The van der Waals surface area contributed by atoms with Gasteiger partial charge in [-0.3, -0.25) is 9.59 Å². The molecule has 0 spiro atoms. The van der Waals surface area contributed by atoms with Crippen LogP contribution in [0.2, 0.25) is 0 Å². The van der Waals surface area contributed by atoms with Gasteiger partial charge in [-0.2, -0.15) is 0 Å². The van der Waals surface area contributed by atoms with Crippen molar-refractivity contribution in [2.75, 3.05) is 19.8 Å². The van der Waals surface area contributed by atoms with E-state index in [2.05, 4.69) is 74.6 Å². The summed E-state index contributed by atoms with van der Waals surface area (Å²) in [6.45, 7) is 3.23. The highest BCUT2D eigenvalue weighted by molar-refractivity contribution is 5.70. The number of carbonyl (C=O) groups excluding carboxylic acids is 2. The second kappa shape index (κ2) is 35.8. The van der Waals surface area contributed by atoms with Crippen LogP contribution in [-0.4, -0.2) is 89.0 Å². The third-order valence-corrected chi connectivity index (χ3v) is 9.39. The largest absolute Gasteiger partial charge is 0.462 e. The molecule has 55 heavy (non-hydrogen) atoms. The van der Waals surface area contributed by atoms with Crippen LogP contribution in [0.1, 0.15) is 155 Å². The standard InChI is InChI=1S/C45H76O10/c1-3-5-7-9-11-13-15-17-19-21-23-25-27-29-31-33-40(47)52-36-38(37-53-45-44(51)43(50)42(49)39(35-46)55-45)54-41(48)34-32-30-28-26-24-22-20-18-16-14-12-10-8-6-4-2/h6,8,11-14,17-20,38-39,42-46,49-51H,3-5,7,9-10,15-16,21-37H2,1-2H3/b8-6-,13-11-,14-12-,19-17-,20-18-. The summed E-state index contributed by atoms with van der Waals surface area (Å²) in [7, 11) is 0. The summed E-state index contributed by atoms with van der Waals surface area (Å²) in [5.41, 5.74) is 0. The molecule has 0 aliphatic carbocycles. The zero-order valence-corrected chi connectivity index (χ0v) is 34.2. The number of aliphatic hydroxyl groups excluding tert-OH is 4. The van der Waals surface area contributed by atoms with Gasteiger partial charge in [0.05, 0.1) is 13.2 Å². The van der Waals surface area contributed by atoms with Gasteiger partial charge in [-0.05, 0) is 77.0 Å². The van der Waals surface area contributed by atoms with E-state index in [0.717, 1.165) is 89.9 Å². The number of hydrogen-bond donors (Lipinski definition) is 4. The van der Waals surface area contributed by atoms with Crippen molar-refractivity contribution >= 4 is 11.9 Å². The molecule has 1 heterocycles. The molecule has 0 aromatic carbocycles. The molecule has 0 radical (unpaired) electrons. The van der Waals surface area contributed by atoms with Gasteiger partial charge in [0, 0.05) is 12.8 Å². The Morgan fingerprint density at radius 2 is 1.07 bits per heavy atom. The molecule has 1 aliphatic rings. The van der Waals surface area contributed by atoms with Gasteiger partial charge < -0.3 is 39.4 Å². The molecule has 4 N–H and O–H groups in total. The first-order valence-electron chi connectivity index (χ1n) is 21.4. The molecule has 10 heteroatoms. The maximum atomic E-state index is 12.7. The highest BCUT2D eigenvalue weighted by Gasteiger charge is 2.44. The minimum absolute atomic E-state index is 0.205. The van der Waals surface area contributed by atoms with Crippen molar-refractivity contribution in [1.82, 2.24) is 0 Å². The quantitative estimate of drug-likeness (QED) is 0.0284. The molecule has 6 unspecified atom stereocenters. The number of allylic oxidation sites excluding steroid dienone is 10. The van der Waals surface area contributed by atoms with E-state index in [9.17, 15) is 30.0 Å². The molecule has 0 aromatic rings. The Bertz CT molecular complexity index is 1080. The van der Waals surface area contributed by atoms with Crippen molar-refractivity contribution in [3.63, 3.8) is 0 Å². The fraction of sp³-hybridized carbons (Fsp3) is 0.733. The topological polar surface area (TPSA) is 152 Å². The van der Waals surface area contributed by atoms with Gasteiger partial charge in [0.2, 0.25) is 0 Å². The Kier molecular flexibility index (Phi) is 32.8. The molecular weight excluding hydrogens is 700 g/mol. The first-order valence-corrected chi connectivity index (χ1v) is 21.4. The van der Waals surface area contributed by atoms with Crippen LogP contribution in [0.15, 0.2) is 60.8 Å². The summed E-state index contributed by atoms with van der Waals surface area (Å²) in [6.07, 6.45) is 35.1. The second-order valence-corrected chi connectivity index (χ2v) is 14.4. The molecule has 6 atom stereocenters. The molecule has 0 amide bonds. The predicted octanol–water partition coefficient (Wildman–Crippen LogP) is 8.66. The molecule has 1 saturated heterocycles. The lowest BCUT2D eigenvalue weighted by Gasteiger charge is -2.39.